The summed E-state index contributed by atoms with van der Waals surface area (Å²) < 4.78 is 39.0. The van der Waals surface area contributed by atoms with Crippen molar-refractivity contribution in [1.82, 2.24) is 0 Å². The van der Waals surface area contributed by atoms with Crippen LogP contribution in [0.4, 0.5) is 18.9 Å². The van der Waals surface area contributed by atoms with Gasteiger partial charge in [-0.2, -0.15) is 13.2 Å². The van der Waals surface area contributed by atoms with Crippen LogP contribution >= 0.6 is 0 Å². The number of para-hydroxylation sites is 1. The van der Waals surface area contributed by atoms with Gasteiger partial charge in [0.05, 0.1) is 5.57 Å². The third-order valence-electron chi connectivity index (χ3n) is 3.58. The molecule has 2 rings (SSSR count). The van der Waals surface area contributed by atoms with Crippen LogP contribution in [0.25, 0.3) is 5.57 Å². The number of rotatable bonds is 5. The number of aryl methyl sites for hydroxylation is 1. The molecule has 0 heterocycles. The number of Topliss-reactive ketones (excluding diaryl/α,β-unsaturated/α-hetero) is 1. The summed E-state index contributed by atoms with van der Waals surface area (Å²) in [4.78, 5) is 13.5. The van der Waals surface area contributed by atoms with Gasteiger partial charge in [-0.15, -0.1) is 0 Å². The zero-order chi connectivity index (χ0) is 17.7. The van der Waals surface area contributed by atoms with Crippen molar-refractivity contribution in [3.8, 4) is 0 Å². The van der Waals surface area contributed by atoms with E-state index in [-0.39, 0.29) is 11.1 Å². The second-order valence-corrected chi connectivity index (χ2v) is 5.36. The van der Waals surface area contributed by atoms with Crippen LogP contribution in [0.5, 0.6) is 0 Å². The number of carbonyl (C=O) groups excluding carboxylic acids is 1. The fourth-order valence-corrected chi connectivity index (χ4v) is 2.27. The zero-order valence-corrected chi connectivity index (χ0v) is 13.5. The van der Waals surface area contributed by atoms with Crippen molar-refractivity contribution in [2.45, 2.75) is 20.0 Å². The highest BCUT2D eigenvalue weighted by atomic mass is 19.4. The predicted octanol–water partition coefficient (Wildman–Crippen LogP) is 4.99. The normalized spacial score (nSPS) is 12.1. The molecule has 2 aromatic rings. The Morgan fingerprint density at radius 3 is 2.12 bits per heavy atom. The quantitative estimate of drug-likeness (QED) is 0.718. The molecule has 0 bridgehead atoms. The summed E-state index contributed by atoms with van der Waals surface area (Å²) in [6.45, 7) is 4.08. The molecule has 0 aliphatic heterocycles. The number of ketones is 1. The lowest BCUT2D eigenvalue weighted by Crippen LogP contribution is -2.26. The van der Waals surface area contributed by atoms with E-state index in [9.17, 15) is 18.0 Å². The number of halogens is 3. The summed E-state index contributed by atoms with van der Waals surface area (Å²) in [5, 5.41) is 0. The monoisotopic (exact) mass is 333 g/mol. The Morgan fingerprint density at radius 1 is 1.04 bits per heavy atom. The molecule has 2 nitrogen and oxygen atoms in total. The van der Waals surface area contributed by atoms with E-state index in [0.29, 0.717) is 6.54 Å². The topological polar surface area (TPSA) is 20.3 Å². The summed E-state index contributed by atoms with van der Waals surface area (Å²) in [5.74, 6) is -1.85. The van der Waals surface area contributed by atoms with Crippen LogP contribution < -0.4 is 4.90 Å². The van der Waals surface area contributed by atoms with Crippen molar-refractivity contribution in [3.63, 3.8) is 0 Å². The van der Waals surface area contributed by atoms with E-state index >= 15 is 0 Å². The van der Waals surface area contributed by atoms with Gasteiger partial charge >= 0.3 is 6.18 Å². The number of allylic oxidation sites excluding steroid dienone is 1. The molecule has 0 spiro atoms. The molecule has 0 unspecified atom stereocenters. The van der Waals surface area contributed by atoms with Crippen molar-refractivity contribution in [2.75, 3.05) is 11.4 Å². The Balaban J connectivity index is 2.52. The first-order valence-electron chi connectivity index (χ1n) is 7.55. The first-order chi connectivity index (χ1) is 11.3. The van der Waals surface area contributed by atoms with Gasteiger partial charge in [-0.05, 0) is 31.5 Å². The molecular formula is C19H18F3NO. The first kappa shape index (κ1) is 17.8. The average molecular weight is 333 g/mol. The molecule has 0 aromatic heterocycles. The summed E-state index contributed by atoms with van der Waals surface area (Å²) in [6, 6.07) is 15.4. The first-order valence-corrected chi connectivity index (χ1v) is 7.55. The predicted molar refractivity (Wildman–Crippen MR) is 89.7 cm³/mol. The smallest absolute Gasteiger partial charge is 0.348 e. The standard InChI is InChI=1S/C19H18F3NO/c1-3-23(16-7-5-4-6-8-16)13-17(18(24)19(20,21)22)15-11-9-14(2)10-12-15/h4-13H,3H2,1-2H3/b17-13-. The Morgan fingerprint density at radius 2 is 1.62 bits per heavy atom. The maximum absolute atomic E-state index is 13.0. The van der Waals surface area contributed by atoms with Gasteiger partial charge in [-0.3, -0.25) is 4.79 Å². The summed E-state index contributed by atoms with van der Waals surface area (Å²) in [5.41, 5.74) is 1.51. The van der Waals surface area contributed by atoms with Crippen LogP contribution in [0.15, 0.2) is 60.8 Å². The third kappa shape index (κ3) is 4.25. The Kier molecular flexibility index (Phi) is 5.44. The summed E-state index contributed by atoms with van der Waals surface area (Å²) in [6.07, 6.45) is -3.65. The largest absolute Gasteiger partial charge is 0.454 e. The second-order valence-electron chi connectivity index (χ2n) is 5.36. The molecule has 0 aliphatic carbocycles. The van der Waals surface area contributed by atoms with Crippen LogP contribution in [-0.2, 0) is 4.79 Å². The van der Waals surface area contributed by atoms with E-state index in [2.05, 4.69) is 0 Å². The van der Waals surface area contributed by atoms with Crippen LogP contribution in [0, 0.1) is 6.92 Å². The highest BCUT2D eigenvalue weighted by Gasteiger charge is 2.41. The molecule has 0 N–H and O–H groups in total. The van der Waals surface area contributed by atoms with Crippen molar-refractivity contribution in [1.29, 1.82) is 0 Å². The zero-order valence-electron chi connectivity index (χ0n) is 13.5. The van der Waals surface area contributed by atoms with Gasteiger partial charge in [-0.1, -0.05) is 48.0 Å². The number of nitrogens with zero attached hydrogens (tertiary/aromatic N) is 1. The SMILES string of the molecule is CCN(/C=C(\C(=O)C(F)(F)F)c1ccc(C)cc1)c1ccccc1. The number of carbonyl (C=O) groups is 1. The number of hydrogen-bond donors (Lipinski definition) is 0. The molecule has 0 saturated heterocycles. The Hall–Kier alpha value is -2.56. The number of alkyl halides is 3. The van der Waals surface area contributed by atoms with Gasteiger partial charge in [0.2, 0.25) is 0 Å². The molecule has 0 amide bonds. The minimum absolute atomic E-state index is 0.248. The van der Waals surface area contributed by atoms with Crippen LogP contribution in [-0.4, -0.2) is 18.5 Å². The average Bonchev–Trinajstić information content (AvgIpc) is 2.56. The lowest BCUT2D eigenvalue weighted by molar-refractivity contribution is -0.164. The minimum Gasteiger partial charge on any atom is -0.348 e. The van der Waals surface area contributed by atoms with E-state index < -0.39 is 12.0 Å². The van der Waals surface area contributed by atoms with E-state index in [1.807, 2.05) is 19.9 Å². The molecule has 0 fully saturated rings. The van der Waals surface area contributed by atoms with Gasteiger partial charge in [0.25, 0.3) is 5.78 Å². The maximum Gasteiger partial charge on any atom is 0.454 e. The fraction of sp³-hybridized carbons (Fsp3) is 0.211. The maximum atomic E-state index is 13.0. The lowest BCUT2D eigenvalue weighted by atomic mass is 10.0. The lowest BCUT2D eigenvalue weighted by Gasteiger charge is -2.21. The number of benzene rings is 2. The van der Waals surface area contributed by atoms with E-state index in [1.165, 1.54) is 18.3 Å². The fourth-order valence-electron chi connectivity index (χ4n) is 2.27. The molecule has 2 aromatic carbocycles. The van der Waals surface area contributed by atoms with Gasteiger partial charge in [-0.25, -0.2) is 0 Å². The number of anilines is 1. The molecule has 0 aliphatic rings. The van der Waals surface area contributed by atoms with Crippen molar-refractivity contribution >= 4 is 17.0 Å². The van der Waals surface area contributed by atoms with Crippen molar-refractivity contribution < 1.29 is 18.0 Å². The molecule has 126 valence electrons. The van der Waals surface area contributed by atoms with Crippen molar-refractivity contribution in [2.24, 2.45) is 0 Å². The van der Waals surface area contributed by atoms with E-state index in [0.717, 1.165) is 11.3 Å². The highest BCUT2D eigenvalue weighted by molar-refractivity contribution is 6.23. The molecule has 0 saturated carbocycles. The third-order valence-corrected chi connectivity index (χ3v) is 3.58. The number of hydrogen-bond acceptors (Lipinski definition) is 2. The molecule has 5 heteroatoms. The van der Waals surface area contributed by atoms with E-state index in [1.54, 1.807) is 41.3 Å². The molecule has 0 atom stereocenters. The minimum atomic E-state index is -4.92. The van der Waals surface area contributed by atoms with Gasteiger partial charge in [0.1, 0.15) is 0 Å². The van der Waals surface area contributed by atoms with Gasteiger partial charge < -0.3 is 4.90 Å². The Bertz CT molecular complexity index is 719. The highest BCUT2D eigenvalue weighted by Crippen LogP contribution is 2.28. The van der Waals surface area contributed by atoms with Gasteiger partial charge in [0, 0.05) is 18.4 Å². The van der Waals surface area contributed by atoms with Crippen LogP contribution in [0.2, 0.25) is 0 Å². The van der Waals surface area contributed by atoms with Crippen LogP contribution in [0.1, 0.15) is 18.1 Å². The van der Waals surface area contributed by atoms with Crippen molar-refractivity contribution in [3.05, 3.63) is 71.9 Å². The van der Waals surface area contributed by atoms with E-state index in [4.69, 9.17) is 0 Å². The summed E-state index contributed by atoms with van der Waals surface area (Å²) >= 11 is 0. The molecular weight excluding hydrogens is 315 g/mol. The molecule has 24 heavy (non-hydrogen) atoms. The molecule has 0 radical (unpaired) electrons. The van der Waals surface area contributed by atoms with Crippen LogP contribution in [0.3, 0.4) is 0 Å². The van der Waals surface area contributed by atoms with Gasteiger partial charge in [0.15, 0.2) is 0 Å². The summed E-state index contributed by atoms with van der Waals surface area (Å²) in [7, 11) is 0. The Labute approximate surface area is 139 Å². The second kappa shape index (κ2) is 7.34.